The Hall–Kier alpha value is -1.59. The molecule has 5 nitrogen and oxygen atoms in total. The van der Waals surface area contributed by atoms with Gasteiger partial charge in [0.15, 0.2) is 5.96 Å². The predicted molar refractivity (Wildman–Crippen MR) is 106 cm³/mol. The van der Waals surface area contributed by atoms with E-state index in [1.54, 1.807) is 7.11 Å². The standard InChI is InChI=1S/C20H35N3O2/c1-6-21-20(22-9-7-11-25-13-12-24-5)23-10-8-19-17(3)14-16(2)15-18(19)4/h14-15H,6-13H2,1-5H3,(H2,21,22,23). The molecule has 142 valence electrons. The smallest absolute Gasteiger partial charge is 0.191 e. The van der Waals surface area contributed by atoms with Crippen LogP contribution in [-0.2, 0) is 15.9 Å². The lowest BCUT2D eigenvalue weighted by atomic mass is 9.97. The van der Waals surface area contributed by atoms with Gasteiger partial charge >= 0.3 is 0 Å². The average molecular weight is 350 g/mol. The quantitative estimate of drug-likeness (QED) is 0.366. The summed E-state index contributed by atoms with van der Waals surface area (Å²) in [5.74, 6) is 0.877. The van der Waals surface area contributed by atoms with E-state index in [-0.39, 0.29) is 0 Å². The monoisotopic (exact) mass is 349 g/mol. The SMILES string of the molecule is CCNC(=NCCCOCCOC)NCCc1c(C)cc(C)cc1C. The number of hydrogen-bond acceptors (Lipinski definition) is 3. The molecule has 0 aliphatic heterocycles. The van der Waals surface area contributed by atoms with Gasteiger partial charge in [0.05, 0.1) is 13.2 Å². The van der Waals surface area contributed by atoms with E-state index in [1.165, 1.54) is 22.3 Å². The van der Waals surface area contributed by atoms with Crippen molar-refractivity contribution in [1.29, 1.82) is 0 Å². The Labute approximate surface area is 153 Å². The van der Waals surface area contributed by atoms with Crippen LogP contribution >= 0.6 is 0 Å². The summed E-state index contributed by atoms with van der Waals surface area (Å²) in [6.45, 7) is 13.1. The Morgan fingerprint density at radius 3 is 2.40 bits per heavy atom. The third kappa shape index (κ3) is 8.89. The van der Waals surface area contributed by atoms with Crippen LogP contribution in [0, 0.1) is 20.8 Å². The van der Waals surface area contributed by atoms with Crippen LogP contribution in [0.15, 0.2) is 17.1 Å². The molecule has 1 aromatic carbocycles. The Kier molecular flexibility index (Phi) is 10.9. The van der Waals surface area contributed by atoms with Crippen LogP contribution in [0.3, 0.4) is 0 Å². The van der Waals surface area contributed by atoms with Crippen molar-refractivity contribution in [3.05, 3.63) is 34.4 Å². The zero-order valence-electron chi connectivity index (χ0n) is 16.6. The van der Waals surface area contributed by atoms with Crippen LogP contribution in [0.1, 0.15) is 35.6 Å². The van der Waals surface area contributed by atoms with Crippen LogP contribution in [0.2, 0.25) is 0 Å². The molecule has 0 heterocycles. The first kappa shape index (κ1) is 21.5. The van der Waals surface area contributed by atoms with Crippen molar-refractivity contribution >= 4 is 5.96 Å². The van der Waals surface area contributed by atoms with E-state index in [4.69, 9.17) is 9.47 Å². The highest BCUT2D eigenvalue weighted by atomic mass is 16.5. The van der Waals surface area contributed by atoms with Gasteiger partial charge < -0.3 is 20.1 Å². The summed E-state index contributed by atoms with van der Waals surface area (Å²) in [5, 5.41) is 6.72. The number of rotatable bonds is 11. The molecule has 0 spiro atoms. The van der Waals surface area contributed by atoms with Gasteiger partial charge in [-0.05, 0) is 57.2 Å². The molecule has 0 bridgehead atoms. The van der Waals surface area contributed by atoms with Crippen LogP contribution in [0.5, 0.6) is 0 Å². The highest BCUT2D eigenvalue weighted by Gasteiger charge is 2.04. The van der Waals surface area contributed by atoms with E-state index < -0.39 is 0 Å². The number of benzene rings is 1. The van der Waals surface area contributed by atoms with Crippen LogP contribution in [-0.4, -0.2) is 52.5 Å². The highest BCUT2D eigenvalue weighted by molar-refractivity contribution is 5.79. The fraction of sp³-hybridized carbons (Fsp3) is 0.650. The first-order valence-corrected chi connectivity index (χ1v) is 9.24. The van der Waals surface area contributed by atoms with Crippen LogP contribution < -0.4 is 10.6 Å². The number of ether oxygens (including phenoxy) is 2. The fourth-order valence-corrected chi connectivity index (χ4v) is 2.85. The molecule has 0 amide bonds. The van der Waals surface area contributed by atoms with Gasteiger partial charge in [0.2, 0.25) is 0 Å². The van der Waals surface area contributed by atoms with Crippen molar-refractivity contribution in [3.8, 4) is 0 Å². The van der Waals surface area contributed by atoms with Crippen LogP contribution in [0.4, 0.5) is 0 Å². The first-order chi connectivity index (χ1) is 12.1. The number of nitrogens with one attached hydrogen (secondary N) is 2. The predicted octanol–water partition coefficient (Wildman–Crippen LogP) is 2.76. The maximum absolute atomic E-state index is 5.46. The molecule has 25 heavy (non-hydrogen) atoms. The molecular weight excluding hydrogens is 314 g/mol. The second-order valence-corrected chi connectivity index (χ2v) is 6.27. The van der Waals surface area contributed by atoms with Gasteiger partial charge in [-0.25, -0.2) is 0 Å². The van der Waals surface area contributed by atoms with Crippen LogP contribution in [0.25, 0.3) is 0 Å². The van der Waals surface area contributed by atoms with E-state index in [0.717, 1.165) is 38.4 Å². The number of methoxy groups -OCH3 is 1. The van der Waals surface area contributed by atoms with Crippen molar-refractivity contribution < 1.29 is 9.47 Å². The Bertz CT molecular complexity index is 507. The van der Waals surface area contributed by atoms with E-state index in [1.807, 2.05) is 0 Å². The molecule has 1 aromatic rings. The molecule has 0 fully saturated rings. The number of guanidine groups is 1. The fourth-order valence-electron chi connectivity index (χ4n) is 2.85. The van der Waals surface area contributed by atoms with Crippen molar-refractivity contribution in [2.75, 3.05) is 46.6 Å². The van der Waals surface area contributed by atoms with Gasteiger partial charge in [0.1, 0.15) is 0 Å². The molecule has 0 aromatic heterocycles. The number of aryl methyl sites for hydroxylation is 3. The summed E-state index contributed by atoms with van der Waals surface area (Å²) in [7, 11) is 1.68. The lowest BCUT2D eigenvalue weighted by Gasteiger charge is -2.14. The van der Waals surface area contributed by atoms with E-state index >= 15 is 0 Å². The summed E-state index contributed by atoms with van der Waals surface area (Å²) in [6, 6.07) is 4.51. The summed E-state index contributed by atoms with van der Waals surface area (Å²) in [6.07, 6.45) is 1.92. The van der Waals surface area contributed by atoms with Gasteiger partial charge in [-0.15, -0.1) is 0 Å². The topological polar surface area (TPSA) is 54.9 Å². The Balaban J connectivity index is 2.38. The van der Waals surface area contributed by atoms with E-state index in [9.17, 15) is 0 Å². The molecule has 0 radical (unpaired) electrons. The van der Waals surface area contributed by atoms with Crippen molar-refractivity contribution in [2.45, 2.75) is 40.5 Å². The lowest BCUT2D eigenvalue weighted by molar-refractivity contribution is 0.0702. The maximum atomic E-state index is 5.46. The molecule has 2 N–H and O–H groups in total. The van der Waals surface area contributed by atoms with Gasteiger partial charge in [0.25, 0.3) is 0 Å². The van der Waals surface area contributed by atoms with Crippen molar-refractivity contribution in [3.63, 3.8) is 0 Å². The second-order valence-electron chi connectivity index (χ2n) is 6.27. The van der Waals surface area contributed by atoms with Gasteiger partial charge in [0, 0.05) is 33.4 Å². The molecule has 0 aliphatic rings. The largest absolute Gasteiger partial charge is 0.382 e. The highest BCUT2D eigenvalue weighted by Crippen LogP contribution is 2.16. The molecule has 1 rings (SSSR count). The van der Waals surface area contributed by atoms with E-state index in [2.05, 4.69) is 55.5 Å². The van der Waals surface area contributed by atoms with Gasteiger partial charge in [-0.1, -0.05) is 17.7 Å². The average Bonchev–Trinajstić information content (AvgIpc) is 2.56. The minimum absolute atomic E-state index is 0.644. The maximum Gasteiger partial charge on any atom is 0.191 e. The third-order valence-corrected chi connectivity index (χ3v) is 4.00. The number of nitrogens with zero attached hydrogens (tertiary/aromatic N) is 1. The number of aliphatic imine (C=N–C) groups is 1. The normalized spacial score (nSPS) is 11.6. The zero-order valence-corrected chi connectivity index (χ0v) is 16.6. The lowest BCUT2D eigenvalue weighted by Crippen LogP contribution is -2.38. The molecule has 5 heteroatoms. The molecule has 0 saturated carbocycles. The molecular formula is C20H35N3O2. The summed E-state index contributed by atoms with van der Waals surface area (Å²) in [5.41, 5.74) is 5.50. The minimum Gasteiger partial charge on any atom is -0.382 e. The molecule has 0 atom stereocenters. The minimum atomic E-state index is 0.644. The summed E-state index contributed by atoms with van der Waals surface area (Å²) in [4.78, 5) is 4.60. The molecule has 0 saturated heterocycles. The Morgan fingerprint density at radius 1 is 1.04 bits per heavy atom. The first-order valence-electron chi connectivity index (χ1n) is 9.24. The van der Waals surface area contributed by atoms with Gasteiger partial charge in [-0.2, -0.15) is 0 Å². The zero-order chi connectivity index (χ0) is 18.5. The van der Waals surface area contributed by atoms with Gasteiger partial charge in [-0.3, -0.25) is 4.99 Å². The molecule has 0 aliphatic carbocycles. The third-order valence-electron chi connectivity index (χ3n) is 4.00. The Morgan fingerprint density at radius 2 is 1.76 bits per heavy atom. The van der Waals surface area contributed by atoms with E-state index in [0.29, 0.717) is 19.8 Å². The number of hydrogen-bond donors (Lipinski definition) is 2. The summed E-state index contributed by atoms with van der Waals surface area (Å²) < 4.78 is 10.4. The second kappa shape index (κ2) is 12.7. The van der Waals surface area contributed by atoms with Crippen molar-refractivity contribution in [2.24, 2.45) is 4.99 Å². The summed E-state index contributed by atoms with van der Waals surface area (Å²) >= 11 is 0. The van der Waals surface area contributed by atoms with Crippen molar-refractivity contribution in [1.82, 2.24) is 10.6 Å². The molecule has 0 unspecified atom stereocenters.